The number of para-hydroxylation sites is 1. The number of carbonyl (C=O) groups is 1. The number of nitrogens with one attached hydrogen (secondary N) is 1. The van der Waals surface area contributed by atoms with E-state index in [0.717, 1.165) is 24.3 Å². The van der Waals surface area contributed by atoms with Crippen LogP contribution in [-0.2, 0) is 26.1 Å². The van der Waals surface area contributed by atoms with Crippen LogP contribution in [0.5, 0.6) is 11.5 Å². The summed E-state index contributed by atoms with van der Waals surface area (Å²) < 4.78 is 15.0. The standard InChI is InChI=1S/C27H33N5O4/c1-3-17-36-23-8-5-4-7-21(23)19-30-13-9-22-26(24(35-2)18-25(33)32(22)16-15-30)27(34)29-10-6-12-31-14-11-28-20-31/h3-5,7-8,11,14,18,20H,1,6,9-10,12-13,15-17,19H2,2H3,(H,29,34). The molecule has 1 amide bonds. The third-order valence-corrected chi connectivity index (χ3v) is 6.29. The monoisotopic (exact) mass is 491 g/mol. The number of pyridine rings is 1. The molecule has 1 aromatic carbocycles. The molecule has 0 atom stereocenters. The molecule has 0 bridgehead atoms. The summed E-state index contributed by atoms with van der Waals surface area (Å²) in [5, 5.41) is 3.00. The number of carbonyl (C=O) groups excluding carboxylic acids is 1. The fourth-order valence-electron chi connectivity index (χ4n) is 4.49. The molecule has 3 heterocycles. The largest absolute Gasteiger partial charge is 0.496 e. The maximum atomic E-state index is 13.2. The number of imidazole rings is 1. The topological polar surface area (TPSA) is 90.6 Å². The molecule has 1 aliphatic heterocycles. The van der Waals surface area contributed by atoms with Crippen LogP contribution in [0.15, 0.2) is 66.5 Å². The predicted octanol–water partition coefficient (Wildman–Crippen LogP) is 2.50. The van der Waals surface area contributed by atoms with Crippen molar-refractivity contribution in [1.29, 1.82) is 0 Å². The molecule has 190 valence electrons. The number of hydrogen-bond donors (Lipinski definition) is 1. The summed E-state index contributed by atoms with van der Waals surface area (Å²) >= 11 is 0. The normalized spacial score (nSPS) is 13.5. The minimum atomic E-state index is -0.224. The highest BCUT2D eigenvalue weighted by Crippen LogP contribution is 2.25. The summed E-state index contributed by atoms with van der Waals surface area (Å²) in [4.78, 5) is 32.4. The fraction of sp³-hybridized carbons (Fsp3) is 0.370. The van der Waals surface area contributed by atoms with Crippen LogP contribution >= 0.6 is 0 Å². The van der Waals surface area contributed by atoms with E-state index in [-0.39, 0.29) is 11.5 Å². The quantitative estimate of drug-likeness (QED) is 0.327. The Morgan fingerprint density at radius 3 is 2.86 bits per heavy atom. The van der Waals surface area contributed by atoms with Gasteiger partial charge in [-0.05, 0) is 12.5 Å². The van der Waals surface area contributed by atoms with E-state index < -0.39 is 0 Å². The molecule has 0 spiro atoms. The van der Waals surface area contributed by atoms with Gasteiger partial charge < -0.3 is 23.9 Å². The lowest BCUT2D eigenvalue weighted by Gasteiger charge is -2.21. The number of ether oxygens (including phenoxy) is 2. The minimum absolute atomic E-state index is 0.157. The van der Waals surface area contributed by atoms with Gasteiger partial charge in [-0.3, -0.25) is 14.5 Å². The molecule has 0 saturated heterocycles. The first-order valence-corrected chi connectivity index (χ1v) is 12.2. The number of aromatic nitrogens is 3. The van der Waals surface area contributed by atoms with Gasteiger partial charge in [0.25, 0.3) is 11.5 Å². The van der Waals surface area contributed by atoms with Crippen molar-refractivity contribution < 1.29 is 14.3 Å². The van der Waals surface area contributed by atoms with Crippen LogP contribution in [0, 0.1) is 0 Å². The number of methoxy groups -OCH3 is 1. The van der Waals surface area contributed by atoms with Gasteiger partial charge in [0, 0.05) is 75.4 Å². The highest BCUT2D eigenvalue weighted by atomic mass is 16.5. The van der Waals surface area contributed by atoms with Gasteiger partial charge in [0.05, 0.1) is 13.4 Å². The van der Waals surface area contributed by atoms with Crippen LogP contribution in [-0.4, -0.2) is 58.3 Å². The Bertz CT molecular complexity index is 1240. The Kier molecular flexibility index (Phi) is 8.57. The fourth-order valence-corrected chi connectivity index (χ4v) is 4.49. The van der Waals surface area contributed by atoms with Crippen molar-refractivity contribution in [3.63, 3.8) is 0 Å². The van der Waals surface area contributed by atoms with Crippen LogP contribution in [0.25, 0.3) is 0 Å². The van der Waals surface area contributed by atoms with Gasteiger partial charge >= 0.3 is 0 Å². The smallest absolute Gasteiger partial charge is 0.256 e. The predicted molar refractivity (Wildman–Crippen MR) is 138 cm³/mol. The lowest BCUT2D eigenvalue weighted by molar-refractivity contribution is 0.0947. The van der Waals surface area contributed by atoms with Gasteiger partial charge in [-0.1, -0.05) is 30.9 Å². The highest BCUT2D eigenvalue weighted by molar-refractivity contribution is 5.98. The third-order valence-electron chi connectivity index (χ3n) is 6.29. The lowest BCUT2D eigenvalue weighted by Crippen LogP contribution is -2.32. The first-order valence-electron chi connectivity index (χ1n) is 12.2. The van der Waals surface area contributed by atoms with Gasteiger partial charge in [0.1, 0.15) is 23.7 Å². The van der Waals surface area contributed by atoms with E-state index in [1.54, 1.807) is 23.2 Å². The molecule has 0 aliphatic carbocycles. The van der Waals surface area contributed by atoms with Gasteiger partial charge in [-0.2, -0.15) is 0 Å². The Morgan fingerprint density at radius 1 is 1.22 bits per heavy atom. The van der Waals surface area contributed by atoms with Crippen LogP contribution in [0.4, 0.5) is 0 Å². The van der Waals surface area contributed by atoms with Gasteiger partial charge in [-0.15, -0.1) is 0 Å². The number of fused-ring (bicyclic) bond motifs is 1. The maximum absolute atomic E-state index is 13.2. The second-order valence-corrected chi connectivity index (χ2v) is 8.67. The average molecular weight is 492 g/mol. The van der Waals surface area contributed by atoms with Crippen molar-refractivity contribution in [3.8, 4) is 11.5 Å². The zero-order valence-corrected chi connectivity index (χ0v) is 20.7. The molecule has 9 nitrogen and oxygen atoms in total. The summed E-state index contributed by atoms with van der Waals surface area (Å²) in [6.45, 7) is 7.99. The van der Waals surface area contributed by atoms with E-state index in [1.807, 2.05) is 35.0 Å². The molecule has 2 aromatic heterocycles. The molecule has 0 fully saturated rings. The zero-order chi connectivity index (χ0) is 25.3. The van der Waals surface area contributed by atoms with E-state index in [0.29, 0.717) is 62.8 Å². The number of hydrogen-bond acceptors (Lipinski definition) is 6. The molecule has 4 rings (SSSR count). The van der Waals surface area contributed by atoms with Crippen molar-refractivity contribution in [2.75, 3.05) is 33.4 Å². The first-order chi connectivity index (χ1) is 17.6. The van der Waals surface area contributed by atoms with E-state index >= 15 is 0 Å². The lowest BCUT2D eigenvalue weighted by atomic mass is 10.1. The van der Waals surface area contributed by atoms with Gasteiger partial charge in [-0.25, -0.2) is 4.98 Å². The highest BCUT2D eigenvalue weighted by Gasteiger charge is 2.25. The molecule has 0 unspecified atom stereocenters. The van der Waals surface area contributed by atoms with Crippen LogP contribution in [0.1, 0.15) is 28.0 Å². The summed E-state index contributed by atoms with van der Waals surface area (Å²) in [6, 6.07) is 9.36. The second-order valence-electron chi connectivity index (χ2n) is 8.67. The third kappa shape index (κ3) is 6.04. The van der Waals surface area contributed by atoms with Crippen molar-refractivity contribution >= 4 is 5.91 Å². The molecule has 1 aliphatic rings. The van der Waals surface area contributed by atoms with E-state index in [1.165, 1.54) is 13.2 Å². The summed E-state index contributed by atoms with van der Waals surface area (Å²) in [6.07, 6.45) is 8.43. The number of aryl methyl sites for hydroxylation is 1. The molecular weight excluding hydrogens is 458 g/mol. The number of nitrogens with zero attached hydrogens (tertiary/aromatic N) is 4. The van der Waals surface area contributed by atoms with Gasteiger partial charge in [0.15, 0.2) is 0 Å². The van der Waals surface area contributed by atoms with Crippen molar-refractivity contribution in [3.05, 3.63) is 88.9 Å². The molecule has 36 heavy (non-hydrogen) atoms. The number of benzene rings is 1. The summed E-state index contributed by atoms with van der Waals surface area (Å²) in [5.41, 5.74) is 2.07. The average Bonchev–Trinajstić information content (AvgIpc) is 3.32. The van der Waals surface area contributed by atoms with Crippen LogP contribution in [0.3, 0.4) is 0 Å². The van der Waals surface area contributed by atoms with E-state index in [2.05, 4.69) is 21.8 Å². The minimum Gasteiger partial charge on any atom is -0.496 e. The molecule has 0 radical (unpaired) electrons. The molecule has 0 saturated carbocycles. The summed E-state index contributed by atoms with van der Waals surface area (Å²) in [7, 11) is 1.49. The van der Waals surface area contributed by atoms with Crippen molar-refractivity contribution in [2.45, 2.75) is 32.5 Å². The van der Waals surface area contributed by atoms with Crippen LogP contribution < -0.4 is 20.3 Å². The number of amides is 1. The number of rotatable bonds is 11. The first kappa shape index (κ1) is 25.2. The maximum Gasteiger partial charge on any atom is 0.256 e. The Balaban J connectivity index is 1.48. The Hall–Kier alpha value is -3.85. The molecule has 9 heteroatoms. The zero-order valence-electron chi connectivity index (χ0n) is 20.7. The van der Waals surface area contributed by atoms with Crippen molar-refractivity contribution in [2.24, 2.45) is 0 Å². The Labute approximate surface area is 211 Å². The Morgan fingerprint density at radius 2 is 2.08 bits per heavy atom. The second kappa shape index (κ2) is 12.2. The van der Waals surface area contributed by atoms with Crippen molar-refractivity contribution in [1.82, 2.24) is 24.3 Å². The molecule has 1 N–H and O–H groups in total. The van der Waals surface area contributed by atoms with E-state index in [9.17, 15) is 9.59 Å². The SMILES string of the molecule is C=CCOc1ccccc1CN1CCc2c(C(=O)NCCCn3ccnc3)c(OC)cc(=O)n2CC1. The summed E-state index contributed by atoms with van der Waals surface area (Å²) in [5.74, 6) is 0.918. The van der Waals surface area contributed by atoms with E-state index in [4.69, 9.17) is 9.47 Å². The van der Waals surface area contributed by atoms with Crippen LogP contribution in [0.2, 0.25) is 0 Å². The molecule has 3 aromatic rings. The molecular formula is C27H33N5O4. The van der Waals surface area contributed by atoms with Gasteiger partial charge in [0.2, 0.25) is 0 Å².